The van der Waals surface area contributed by atoms with Gasteiger partial charge in [-0.3, -0.25) is 9.59 Å². The van der Waals surface area contributed by atoms with E-state index in [1.807, 2.05) is 0 Å². The van der Waals surface area contributed by atoms with Crippen molar-refractivity contribution in [1.82, 2.24) is 0 Å². The number of fused-ring (bicyclic) bond motifs is 3. The molecule has 5 heteroatoms. The number of aliphatic hydroxyl groups is 1. The Morgan fingerprint density at radius 1 is 1.10 bits per heavy atom. The molecule has 170 valence electrons. The van der Waals surface area contributed by atoms with E-state index in [0.717, 1.165) is 19.3 Å². The second kappa shape index (κ2) is 8.29. The maximum atomic E-state index is 13.3. The summed E-state index contributed by atoms with van der Waals surface area (Å²) >= 11 is 0. The Kier molecular flexibility index (Phi) is 6.44. The van der Waals surface area contributed by atoms with E-state index < -0.39 is 12.1 Å². The minimum absolute atomic E-state index is 0.0708. The lowest BCUT2D eigenvalue weighted by Gasteiger charge is -2.63. The molecule has 30 heavy (non-hydrogen) atoms. The van der Waals surface area contributed by atoms with Crippen molar-refractivity contribution in [3.8, 4) is 0 Å². The molecule has 0 spiro atoms. The summed E-state index contributed by atoms with van der Waals surface area (Å²) < 4.78 is 10.4. The van der Waals surface area contributed by atoms with Crippen molar-refractivity contribution in [2.75, 3.05) is 13.2 Å². The lowest BCUT2D eigenvalue weighted by atomic mass is 9.40. The molecule has 0 aromatic rings. The van der Waals surface area contributed by atoms with Gasteiger partial charge in [0.1, 0.15) is 19.3 Å². The molecule has 1 N–H and O–H groups in total. The fourth-order valence-electron chi connectivity index (χ4n) is 6.84. The molecule has 0 radical (unpaired) electrons. The topological polar surface area (TPSA) is 72.8 Å². The van der Waals surface area contributed by atoms with E-state index in [4.69, 9.17) is 9.47 Å². The highest BCUT2D eigenvalue weighted by Crippen LogP contribution is 2.68. The molecule has 0 aliphatic heterocycles. The first-order chi connectivity index (χ1) is 13.9. The van der Waals surface area contributed by atoms with Crippen molar-refractivity contribution < 1.29 is 24.2 Å². The molecule has 2 saturated carbocycles. The molecule has 0 saturated heterocycles. The molecule has 2 unspecified atom stereocenters. The van der Waals surface area contributed by atoms with Crippen LogP contribution in [0, 0.1) is 34.0 Å². The van der Waals surface area contributed by atoms with E-state index >= 15 is 0 Å². The number of esters is 2. The van der Waals surface area contributed by atoms with Gasteiger partial charge in [-0.1, -0.05) is 52.7 Å². The van der Waals surface area contributed by atoms with Crippen LogP contribution in [0.3, 0.4) is 0 Å². The summed E-state index contributed by atoms with van der Waals surface area (Å²) in [4.78, 5) is 24.2. The second-order valence-corrected chi connectivity index (χ2v) is 11.1. The summed E-state index contributed by atoms with van der Waals surface area (Å²) in [6, 6.07) is 0. The molecule has 0 aromatic carbocycles. The second-order valence-electron chi connectivity index (χ2n) is 11.1. The maximum absolute atomic E-state index is 13.3. The van der Waals surface area contributed by atoms with Gasteiger partial charge >= 0.3 is 11.9 Å². The molecule has 0 bridgehead atoms. The van der Waals surface area contributed by atoms with Gasteiger partial charge in [0.2, 0.25) is 0 Å². The van der Waals surface area contributed by atoms with Crippen molar-refractivity contribution in [3.63, 3.8) is 0 Å². The number of hydrogen-bond donors (Lipinski definition) is 1. The Balaban J connectivity index is 1.81. The summed E-state index contributed by atoms with van der Waals surface area (Å²) in [5, 5.41) is 10.0. The summed E-state index contributed by atoms with van der Waals surface area (Å²) in [6.07, 6.45) is 8.20. The van der Waals surface area contributed by atoms with Gasteiger partial charge in [0, 0.05) is 6.92 Å². The van der Waals surface area contributed by atoms with E-state index in [-0.39, 0.29) is 47.3 Å². The van der Waals surface area contributed by atoms with Gasteiger partial charge in [0.25, 0.3) is 0 Å². The maximum Gasteiger partial charge on any atom is 0.309 e. The highest BCUT2D eigenvalue weighted by atomic mass is 16.6. The van der Waals surface area contributed by atoms with Gasteiger partial charge in [0.15, 0.2) is 0 Å². The van der Waals surface area contributed by atoms with Crippen LogP contribution in [-0.4, -0.2) is 36.4 Å². The molecule has 6 atom stereocenters. The predicted octanol–water partition coefficient (Wildman–Crippen LogP) is 4.67. The minimum Gasteiger partial charge on any atom is -0.463 e. The van der Waals surface area contributed by atoms with Crippen molar-refractivity contribution in [2.24, 2.45) is 34.0 Å². The van der Waals surface area contributed by atoms with Crippen molar-refractivity contribution in [1.29, 1.82) is 0 Å². The molecule has 2 fully saturated rings. The normalized spacial score (nSPS) is 38.5. The van der Waals surface area contributed by atoms with Crippen LogP contribution in [0.1, 0.15) is 80.1 Å². The number of allylic oxidation sites excluding steroid dienone is 2. The van der Waals surface area contributed by atoms with Gasteiger partial charge in [0.05, 0.1) is 5.92 Å². The third-order valence-electron chi connectivity index (χ3n) is 8.80. The molecular formula is C25H40O5. The van der Waals surface area contributed by atoms with Crippen molar-refractivity contribution in [2.45, 2.75) is 86.2 Å². The minimum atomic E-state index is -0.993. The number of aliphatic hydroxyl groups excluding tert-OH is 1. The molecule has 3 aliphatic carbocycles. The average Bonchev–Trinajstić information content (AvgIpc) is 2.65. The number of rotatable bonds is 5. The summed E-state index contributed by atoms with van der Waals surface area (Å²) in [6.45, 7) is 12.6. The molecule has 0 heterocycles. The fourth-order valence-corrected chi connectivity index (χ4v) is 6.84. The van der Waals surface area contributed by atoms with E-state index in [1.54, 1.807) is 5.57 Å². The van der Waals surface area contributed by atoms with E-state index in [1.165, 1.54) is 26.2 Å². The Labute approximate surface area is 181 Å². The van der Waals surface area contributed by atoms with Crippen LogP contribution in [0.4, 0.5) is 0 Å². The average molecular weight is 421 g/mol. The van der Waals surface area contributed by atoms with E-state index in [9.17, 15) is 14.7 Å². The third kappa shape index (κ3) is 3.94. The van der Waals surface area contributed by atoms with Crippen LogP contribution in [-0.2, 0) is 19.1 Å². The first-order valence-corrected chi connectivity index (χ1v) is 11.6. The quantitative estimate of drug-likeness (QED) is 0.517. The third-order valence-corrected chi connectivity index (χ3v) is 8.80. The lowest BCUT2D eigenvalue weighted by molar-refractivity contribution is -0.178. The zero-order valence-corrected chi connectivity index (χ0v) is 19.6. The first-order valence-electron chi connectivity index (χ1n) is 11.6. The van der Waals surface area contributed by atoms with Gasteiger partial charge in [-0.15, -0.1) is 0 Å². The Bertz CT molecular complexity index is 710. The lowest BCUT2D eigenvalue weighted by Crippen LogP contribution is -2.58. The number of carbonyl (C=O) groups excluding carboxylic acids is 2. The molecule has 5 nitrogen and oxygen atoms in total. The molecule has 0 amide bonds. The fraction of sp³-hybridized carbons (Fsp3) is 0.840. The van der Waals surface area contributed by atoms with Crippen LogP contribution in [0.2, 0.25) is 0 Å². The predicted molar refractivity (Wildman–Crippen MR) is 116 cm³/mol. The van der Waals surface area contributed by atoms with Gasteiger partial charge < -0.3 is 14.6 Å². The van der Waals surface area contributed by atoms with E-state index in [0.29, 0.717) is 5.92 Å². The number of ether oxygens (including phenoxy) is 2. The SMILES string of the molecule is CC(=O)OCC(O)COC(=O)C1[C@@H](C)CC[C@@]2(C)[C@@H]3CCCC(C)(C)C3=CC[C@@]12C. The molecular weight excluding hydrogens is 380 g/mol. The monoisotopic (exact) mass is 420 g/mol. The summed E-state index contributed by atoms with van der Waals surface area (Å²) in [5.74, 6) is -0.0976. The van der Waals surface area contributed by atoms with Crippen molar-refractivity contribution in [3.05, 3.63) is 11.6 Å². The summed E-state index contributed by atoms with van der Waals surface area (Å²) in [5.41, 5.74) is 1.76. The van der Waals surface area contributed by atoms with Crippen LogP contribution in [0.15, 0.2) is 11.6 Å². The van der Waals surface area contributed by atoms with Crippen LogP contribution < -0.4 is 0 Å². The van der Waals surface area contributed by atoms with Gasteiger partial charge in [-0.25, -0.2) is 0 Å². The van der Waals surface area contributed by atoms with Crippen LogP contribution in [0.5, 0.6) is 0 Å². The zero-order chi connectivity index (χ0) is 22.3. The van der Waals surface area contributed by atoms with Crippen LogP contribution >= 0.6 is 0 Å². The largest absolute Gasteiger partial charge is 0.463 e. The Hall–Kier alpha value is -1.36. The Morgan fingerprint density at radius 3 is 2.43 bits per heavy atom. The summed E-state index contributed by atoms with van der Waals surface area (Å²) in [7, 11) is 0. The molecule has 3 rings (SSSR count). The standard InChI is InChI=1S/C25H40O5/c1-16-9-12-24(5)20-8-7-11-23(3,4)19(20)10-13-25(24,6)21(16)22(28)30-15-18(27)14-29-17(2)26/h10,16,18,20-21,27H,7-9,11-15H2,1-6H3/t16-,18?,20+,21?,24-,25-/m0/s1. The first kappa shape index (κ1) is 23.3. The van der Waals surface area contributed by atoms with Gasteiger partial charge in [-0.2, -0.15) is 0 Å². The molecule has 3 aliphatic rings. The highest BCUT2D eigenvalue weighted by molar-refractivity contribution is 5.74. The number of carbonyl (C=O) groups is 2. The van der Waals surface area contributed by atoms with Crippen molar-refractivity contribution >= 4 is 11.9 Å². The van der Waals surface area contributed by atoms with Gasteiger partial charge in [-0.05, 0) is 60.2 Å². The molecule has 0 aromatic heterocycles. The van der Waals surface area contributed by atoms with E-state index in [2.05, 4.69) is 40.7 Å². The highest BCUT2D eigenvalue weighted by Gasteiger charge is 2.62. The Morgan fingerprint density at radius 2 is 1.77 bits per heavy atom. The zero-order valence-electron chi connectivity index (χ0n) is 19.6. The smallest absolute Gasteiger partial charge is 0.309 e. The number of hydrogen-bond acceptors (Lipinski definition) is 5. The van der Waals surface area contributed by atoms with Crippen LogP contribution in [0.25, 0.3) is 0 Å².